The average Bonchev–Trinajstić information content (AvgIpc) is 2.15. The Morgan fingerprint density at radius 3 is 2.46 bits per heavy atom. The molecule has 3 heteroatoms. The van der Waals surface area contributed by atoms with Crippen LogP contribution in [0, 0.1) is 0 Å². The SMILES string of the molecule is NC(=O)c1ccc(C=CCCl)cc1. The molecular weight excluding hydrogens is 186 g/mol. The van der Waals surface area contributed by atoms with Gasteiger partial charge in [0.1, 0.15) is 0 Å². The molecule has 0 saturated heterocycles. The molecule has 0 aromatic heterocycles. The van der Waals surface area contributed by atoms with Crippen LogP contribution in [0.2, 0.25) is 0 Å². The summed E-state index contributed by atoms with van der Waals surface area (Å²) < 4.78 is 0. The summed E-state index contributed by atoms with van der Waals surface area (Å²) in [5.74, 6) is 0.0743. The molecule has 0 heterocycles. The van der Waals surface area contributed by atoms with Crippen LogP contribution in [-0.4, -0.2) is 11.8 Å². The van der Waals surface area contributed by atoms with Gasteiger partial charge in [0.05, 0.1) is 0 Å². The van der Waals surface area contributed by atoms with Crippen molar-refractivity contribution in [2.45, 2.75) is 0 Å². The molecule has 0 aliphatic carbocycles. The van der Waals surface area contributed by atoms with E-state index in [4.69, 9.17) is 17.3 Å². The summed E-state index contributed by atoms with van der Waals surface area (Å²) in [5, 5.41) is 0. The van der Waals surface area contributed by atoms with Crippen LogP contribution in [0.3, 0.4) is 0 Å². The Bertz CT molecular complexity index is 316. The fourth-order valence-electron chi connectivity index (χ4n) is 0.939. The highest BCUT2D eigenvalue weighted by molar-refractivity contribution is 6.19. The van der Waals surface area contributed by atoms with E-state index in [2.05, 4.69) is 0 Å². The zero-order chi connectivity index (χ0) is 9.68. The van der Waals surface area contributed by atoms with Gasteiger partial charge in [0.15, 0.2) is 0 Å². The molecule has 68 valence electrons. The molecule has 1 amide bonds. The maximum absolute atomic E-state index is 10.7. The summed E-state index contributed by atoms with van der Waals surface area (Å²) >= 11 is 5.47. The van der Waals surface area contributed by atoms with E-state index < -0.39 is 5.91 Å². The van der Waals surface area contributed by atoms with Gasteiger partial charge in [-0.15, -0.1) is 11.6 Å². The molecule has 0 fully saturated rings. The molecular formula is C10H10ClNO. The molecule has 2 nitrogen and oxygen atoms in total. The van der Waals surface area contributed by atoms with Gasteiger partial charge in [-0.1, -0.05) is 24.3 Å². The first-order chi connectivity index (χ1) is 6.24. The minimum absolute atomic E-state index is 0.409. The number of halogens is 1. The van der Waals surface area contributed by atoms with Crippen LogP contribution in [-0.2, 0) is 0 Å². The second kappa shape index (κ2) is 4.67. The summed E-state index contributed by atoms with van der Waals surface area (Å²) in [5.41, 5.74) is 6.61. The zero-order valence-electron chi connectivity index (χ0n) is 7.03. The number of allylic oxidation sites excluding steroid dienone is 1. The highest BCUT2D eigenvalue weighted by atomic mass is 35.5. The fraction of sp³-hybridized carbons (Fsp3) is 0.100. The quantitative estimate of drug-likeness (QED) is 0.737. The third kappa shape index (κ3) is 2.92. The Balaban J connectivity index is 2.81. The van der Waals surface area contributed by atoms with Crippen molar-refractivity contribution in [1.82, 2.24) is 0 Å². The molecule has 0 saturated carbocycles. The van der Waals surface area contributed by atoms with Crippen LogP contribution in [0.5, 0.6) is 0 Å². The van der Waals surface area contributed by atoms with Gasteiger partial charge in [0.2, 0.25) is 5.91 Å². The van der Waals surface area contributed by atoms with Gasteiger partial charge in [0.25, 0.3) is 0 Å². The Kier molecular flexibility index (Phi) is 3.53. The number of rotatable bonds is 3. The van der Waals surface area contributed by atoms with Gasteiger partial charge in [-0.3, -0.25) is 4.79 Å². The third-order valence-electron chi connectivity index (χ3n) is 1.59. The second-order valence-corrected chi connectivity index (χ2v) is 2.85. The number of nitrogens with two attached hydrogens (primary N) is 1. The number of benzene rings is 1. The Morgan fingerprint density at radius 1 is 1.38 bits per heavy atom. The summed E-state index contributed by atoms with van der Waals surface area (Å²) in [6, 6.07) is 7.03. The Labute approximate surface area is 82.0 Å². The molecule has 0 unspecified atom stereocenters. The van der Waals surface area contributed by atoms with Gasteiger partial charge < -0.3 is 5.73 Å². The second-order valence-electron chi connectivity index (χ2n) is 2.54. The van der Waals surface area contributed by atoms with Crippen LogP contribution in [0.15, 0.2) is 30.3 Å². The molecule has 13 heavy (non-hydrogen) atoms. The number of carbonyl (C=O) groups is 1. The summed E-state index contributed by atoms with van der Waals surface area (Å²) in [6.07, 6.45) is 3.72. The maximum atomic E-state index is 10.7. The zero-order valence-corrected chi connectivity index (χ0v) is 7.79. The fourth-order valence-corrected chi connectivity index (χ4v) is 1.03. The van der Waals surface area contributed by atoms with Crippen molar-refractivity contribution in [3.05, 3.63) is 41.5 Å². The van der Waals surface area contributed by atoms with E-state index in [1.165, 1.54) is 0 Å². The first kappa shape index (κ1) is 9.81. The lowest BCUT2D eigenvalue weighted by Crippen LogP contribution is -2.10. The van der Waals surface area contributed by atoms with E-state index in [0.717, 1.165) is 5.56 Å². The van der Waals surface area contributed by atoms with E-state index in [0.29, 0.717) is 11.4 Å². The predicted molar refractivity (Wildman–Crippen MR) is 54.7 cm³/mol. The Morgan fingerprint density at radius 2 is 2.00 bits per heavy atom. The number of carbonyl (C=O) groups excluding carboxylic acids is 1. The molecule has 2 N–H and O–H groups in total. The van der Waals surface area contributed by atoms with Gasteiger partial charge in [-0.25, -0.2) is 0 Å². The van der Waals surface area contributed by atoms with E-state index in [1.54, 1.807) is 12.1 Å². The lowest BCUT2D eigenvalue weighted by atomic mass is 10.1. The molecule has 0 aliphatic heterocycles. The van der Waals surface area contributed by atoms with Crippen LogP contribution in [0.1, 0.15) is 15.9 Å². The highest BCUT2D eigenvalue weighted by Crippen LogP contribution is 2.05. The standard InChI is InChI=1S/C10H10ClNO/c11-7-1-2-8-3-5-9(6-4-8)10(12)13/h1-6H,7H2,(H2,12,13). The van der Waals surface area contributed by atoms with Crippen molar-refractivity contribution in [1.29, 1.82) is 0 Å². The number of hydrogen-bond acceptors (Lipinski definition) is 1. The first-order valence-corrected chi connectivity index (χ1v) is 4.40. The molecule has 1 aromatic rings. The molecule has 1 rings (SSSR count). The van der Waals surface area contributed by atoms with Crippen LogP contribution in [0.25, 0.3) is 6.08 Å². The minimum Gasteiger partial charge on any atom is -0.366 e. The maximum Gasteiger partial charge on any atom is 0.248 e. The van der Waals surface area contributed by atoms with Crippen molar-refractivity contribution >= 4 is 23.6 Å². The van der Waals surface area contributed by atoms with Gasteiger partial charge >= 0.3 is 0 Å². The van der Waals surface area contributed by atoms with Gasteiger partial charge in [-0.2, -0.15) is 0 Å². The topological polar surface area (TPSA) is 43.1 Å². The number of amides is 1. The molecule has 1 aromatic carbocycles. The van der Waals surface area contributed by atoms with Crippen LogP contribution in [0.4, 0.5) is 0 Å². The summed E-state index contributed by atoms with van der Waals surface area (Å²) in [4.78, 5) is 10.7. The van der Waals surface area contributed by atoms with E-state index in [9.17, 15) is 4.79 Å². The van der Waals surface area contributed by atoms with Crippen LogP contribution < -0.4 is 5.73 Å². The molecule has 0 radical (unpaired) electrons. The largest absolute Gasteiger partial charge is 0.366 e. The van der Waals surface area contributed by atoms with E-state index in [-0.39, 0.29) is 0 Å². The van der Waals surface area contributed by atoms with E-state index in [1.807, 2.05) is 24.3 Å². The normalized spacial score (nSPS) is 10.5. The van der Waals surface area contributed by atoms with E-state index >= 15 is 0 Å². The number of primary amides is 1. The Hall–Kier alpha value is -1.28. The minimum atomic E-state index is -0.409. The van der Waals surface area contributed by atoms with Gasteiger partial charge in [-0.05, 0) is 17.7 Å². The molecule has 0 aliphatic rings. The van der Waals surface area contributed by atoms with Gasteiger partial charge in [0, 0.05) is 11.4 Å². The lowest BCUT2D eigenvalue weighted by molar-refractivity contribution is 0.100. The smallest absolute Gasteiger partial charge is 0.248 e. The number of alkyl halides is 1. The summed E-state index contributed by atoms with van der Waals surface area (Å²) in [6.45, 7) is 0. The predicted octanol–water partition coefficient (Wildman–Crippen LogP) is 2.04. The first-order valence-electron chi connectivity index (χ1n) is 3.86. The van der Waals surface area contributed by atoms with Crippen molar-refractivity contribution in [3.63, 3.8) is 0 Å². The van der Waals surface area contributed by atoms with Crippen molar-refractivity contribution < 1.29 is 4.79 Å². The van der Waals surface area contributed by atoms with Crippen molar-refractivity contribution in [2.75, 3.05) is 5.88 Å². The van der Waals surface area contributed by atoms with Crippen molar-refractivity contribution in [2.24, 2.45) is 5.73 Å². The highest BCUT2D eigenvalue weighted by Gasteiger charge is 1.97. The molecule has 0 atom stereocenters. The molecule has 0 spiro atoms. The third-order valence-corrected chi connectivity index (χ3v) is 1.77. The monoisotopic (exact) mass is 195 g/mol. The van der Waals surface area contributed by atoms with Crippen LogP contribution >= 0.6 is 11.6 Å². The lowest BCUT2D eigenvalue weighted by Gasteiger charge is -1.95. The number of hydrogen-bond donors (Lipinski definition) is 1. The van der Waals surface area contributed by atoms with Crippen molar-refractivity contribution in [3.8, 4) is 0 Å². The average molecular weight is 196 g/mol. The summed E-state index contributed by atoms with van der Waals surface area (Å²) in [7, 11) is 0. The molecule has 0 bridgehead atoms.